The molecule has 7 heteroatoms. The molecule has 0 aliphatic carbocycles. The number of benzene rings is 1. The number of methoxy groups -OCH3 is 3. The third-order valence-corrected chi connectivity index (χ3v) is 2.84. The van der Waals surface area contributed by atoms with Crippen LogP contribution in [0.3, 0.4) is 0 Å². The van der Waals surface area contributed by atoms with Crippen molar-refractivity contribution < 1.29 is 28.5 Å². The van der Waals surface area contributed by atoms with Crippen molar-refractivity contribution in [3.05, 3.63) is 28.3 Å². The van der Waals surface area contributed by atoms with Crippen molar-refractivity contribution in [2.24, 2.45) is 0 Å². The minimum Gasteiger partial charge on any atom is -0.469 e. The van der Waals surface area contributed by atoms with Gasteiger partial charge in [0.1, 0.15) is 5.75 Å². The summed E-state index contributed by atoms with van der Waals surface area (Å²) in [5, 5.41) is 0.0651. The van der Waals surface area contributed by atoms with E-state index in [-0.39, 0.29) is 29.5 Å². The molecule has 0 bridgehead atoms. The molecule has 20 heavy (non-hydrogen) atoms. The van der Waals surface area contributed by atoms with Gasteiger partial charge in [0, 0.05) is 12.7 Å². The van der Waals surface area contributed by atoms with Crippen LogP contribution in [0.2, 0.25) is 5.02 Å². The Bertz CT molecular complexity index is 500. The predicted octanol–water partition coefficient (Wildman–Crippen LogP) is 1.82. The Morgan fingerprint density at radius 2 is 1.85 bits per heavy atom. The normalized spacial score (nSPS) is 10.0. The highest BCUT2D eigenvalue weighted by molar-refractivity contribution is 6.35. The highest BCUT2D eigenvalue weighted by Gasteiger charge is 2.20. The summed E-state index contributed by atoms with van der Waals surface area (Å²) in [7, 11) is 3.97. The number of esters is 2. The Morgan fingerprint density at radius 3 is 2.40 bits per heavy atom. The van der Waals surface area contributed by atoms with Crippen LogP contribution in [-0.2, 0) is 25.4 Å². The molecule has 0 aliphatic rings. The van der Waals surface area contributed by atoms with Gasteiger partial charge in [0.25, 0.3) is 0 Å². The van der Waals surface area contributed by atoms with Crippen LogP contribution in [0.5, 0.6) is 5.75 Å². The average molecular weight is 303 g/mol. The van der Waals surface area contributed by atoms with E-state index in [2.05, 4.69) is 9.47 Å². The maximum atomic E-state index is 11.6. The van der Waals surface area contributed by atoms with Crippen molar-refractivity contribution in [1.82, 2.24) is 0 Å². The molecule has 0 atom stereocenters. The fourth-order valence-corrected chi connectivity index (χ4v) is 1.82. The molecule has 0 heterocycles. The minimum atomic E-state index is -0.595. The van der Waals surface area contributed by atoms with Crippen LogP contribution in [-0.4, -0.2) is 40.1 Å². The molecule has 0 N–H and O–H groups in total. The second-order valence-electron chi connectivity index (χ2n) is 3.71. The quantitative estimate of drug-likeness (QED) is 0.590. The summed E-state index contributed by atoms with van der Waals surface area (Å²) in [5.41, 5.74) is 0.639. The number of ether oxygens (including phenoxy) is 4. The zero-order valence-electron chi connectivity index (χ0n) is 11.4. The molecule has 0 fully saturated rings. The fourth-order valence-electron chi connectivity index (χ4n) is 1.50. The third kappa shape index (κ3) is 3.85. The molecule has 6 nitrogen and oxygen atoms in total. The second-order valence-corrected chi connectivity index (χ2v) is 4.09. The molecule has 0 radical (unpaired) electrons. The summed E-state index contributed by atoms with van der Waals surface area (Å²) in [4.78, 5) is 22.9. The lowest BCUT2D eigenvalue weighted by Crippen LogP contribution is -2.11. The van der Waals surface area contributed by atoms with E-state index in [9.17, 15) is 9.59 Å². The molecule has 0 unspecified atom stereocenters. The number of hydrogen-bond acceptors (Lipinski definition) is 6. The molecular formula is C13H15ClO6. The molecule has 1 aromatic carbocycles. The number of hydrogen-bond donors (Lipinski definition) is 0. The topological polar surface area (TPSA) is 71.1 Å². The van der Waals surface area contributed by atoms with Gasteiger partial charge in [-0.1, -0.05) is 17.7 Å². The van der Waals surface area contributed by atoms with Crippen LogP contribution >= 0.6 is 11.6 Å². The van der Waals surface area contributed by atoms with E-state index >= 15 is 0 Å². The Hall–Kier alpha value is -1.79. The first-order valence-corrected chi connectivity index (χ1v) is 6.01. The van der Waals surface area contributed by atoms with Crippen LogP contribution in [0, 0.1) is 0 Å². The zero-order chi connectivity index (χ0) is 15.1. The first-order chi connectivity index (χ1) is 9.54. The fraction of sp³-hybridized carbons (Fsp3) is 0.385. The van der Waals surface area contributed by atoms with Crippen LogP contribution in [0.25, 0.3) is 0 Å². The number of rotatable bonds is 6. The Kier molecular flexibility index (Phi) is 6.27. The summed E-state index contributed by atoms with van der Waals surface area (Å²) >= 11 is 6.12. The van der Waals surface area contributed by atoms with E-state index in [1.807, 2.05) is 0 Å². The standard InChI is InChI=1S/C13H15ClO6/c1-17-7-20-12-8(6-10(15)18-2)4-5-9(11(12)14)13(16)19-3/h4-5H,6-7H2,1-3H3. The number of halogens is 1. The molecule has 110 valence electrons. The van der Waals surface area contributed by atoms with E-state index in [0.29, 0.717) is 5.56 Å². The van der Waals surface area contributed by atoms with Crippen LogP contribution in [0.4, 0.5) is 0 Å². The average Bonchev–Trinajstić information content (AvgIpc) is 2.46. The summed E-state index contributed by atoms with van der Waals surface area (Å²) < 4.78 is 19.3. The predicted molar refractivity (Wildman–Crippen MR) is 71.0 cm³/mol. The third-order valence-electron chi connectivity index (χ3n) is 2.47. The first-order valence-electron chi connectivity index (χ1n) is 5.63. The lowest BCUT2D eigenvalue weighted by Gasteiger charge is -2.14. The summed E-state index contributed by atoms with van der Waals surface area (Å²) in [6.07, 6.45) is -0.0310. The molecule has 0 saturated carbocycles. The molecule has 0 aliphatic heterocycles. The molecule has 1 aromatic rings. The Balaban J connectivity index is 3.20. The van der Waals surface area contributed by atoms with Crippen molar-refractivity contribution >= 4 is 23.5 Å². The van der Waals surface area contributed by atoms with Gasteiger partial charge in [0.2, 0.25) is 0 Å². The monoisotopic (exact) mass is 302 g/mol. The highest BCUT2D eigenvalue weighted by Crippen LogP contribution is 2.33. The Labute approximate surface area is 121 Å². The molecular weight excluding hydrogens is 288 g/mol. The van der Waals surface area contributed by atoms with E-state index < -0.39 is 11.9 Å². The molecule has 0 amide bonds. The molecule has 0 spiro atoms. The van der Waals surface area contributed by atoms with E-state index in [1.54, 1.807) is 6.07 Å². The second kappa shape index (κ2) is 7.72. The van der Waals surface area contributed by atoms with Gasteiger partial charge in [0.05, 0.1) is 31.2 Å². The summed E-state index contributed by atoms with van der Waals surface area (Å²) in [6.45, 7) is -0.0709. The molecule has 1 rings (SSSR count). The summed E-state index contributed by atoms with van der Waals surface area (Å²) in [6, 6.07) is 3.02. The van der Waals surface area contributed by atoms with E-state index in [4.69, 9.17) is 21.1 Å². The lowest BCUT2D eigenvalue weighted by atomic mass is 10.1. The highest BCUT2D eigenvalue weighted by atomic mass is 35.5. The molecule has 0 aromatic heterocycles. The molecule has 0 saturated heterocycles. The van der Waals surface area contributed by atoms with Gasteiger partial charge >= 0.3 is 11.9 Å². The van der Waals surface area contributed by atoms with Crippen LogP contribution in [0.1, 0.15) is 15.9 Å². The van der Waals surface area contributed by atoms with Crippen molar-refractivity contribution in [3.63, 3.8) is 0 Å². The minimum absolute atomic E-state index is 0.0310. The lowest BCUT2D eigenvalue weighted by molar-refractivity contribution is -0.139. The van der Waals surface area contributed by atoms with Gasteiger partial charge in [-0.15, -0.1) is 0 Å². The van der Waals surface area contributed by atoms with Crippen molar-refractivity contribution in [3.8, 4) is 5.75 Å². The number of carbonyl (C=O) groups excluding carboxylic acids is 2. The van der Waals surface area contributed by atoms with Gasteiger partial charge in [-0.25, -0.2) is 4.79 Å². The maximum Gasteiger partial charge on any atom is 0.339 e. The maximum absolute atomic E-state index is 11.6. The van der Waals surface area contributed by atoms with E-state index in [1.165, 1.54) is 27.4 Å². The van der Waals surface area contributed by atoms with Crippen LogP contribution < -0.4 is 4.74 Å². The van der Waals surface area contributed by atoms with Gasteiger partial charge < -0.3 is 18.9 Å². The zero-order valence-corrected chi connectivity index (χ0v) is 12.2. The van der Waals surface area contributed by atoms with Crippen molar-refractivity contribution in [2.75, 3.05) is 28.1 Å². The largest absolute Gasteiger partial charge is 0.469 e. The van der Waals surface area contributed by atoms with E-state index in [0.717, 1.165) is 0 Å². The smallest absolute Gasteiger partial charge is 0.339 e. The first kappa shape index (κ1) is 16.3. The summed E-state index contributed by atoms with van der Waals surface area (Å²) in [5.74, 6) is -0.849. The van der Waals surface area contributed by atoms with Gasteiger partial charge in [-0.2, -0.15) is 0 Å². The van der Waals surface area contributed by atoms with Gasteiger partial charge in [0.15, 0.2) is 6.79 Å². The van der Waals surface area contributed by atoms with Crippen molar-refractivity contribution in [2.45, 2.75) is 6.42 Å². The van der Waals surface area contributed by atoms with Crippen LogP contribution in [0.15, 0.2) is 12.1 Å². The van der Waals surface area contributed by atoms with Gasteiger partial charge in [-0.05, 0) is 6.07 Å². The Morgan fingerprint density at radius 1 is 1.15 bits per heavy atom. The number of carbonyl (C=O) groups is 2. The van der Waals surface area contributed by atoms with Crippen molar-refractivity contribution in [1.29, 1.82) is 0 Å². The SMILES string of the molecule is COCOc1c(CC(=O)OC)ccc(C(=O)OC)c1Cl. The van der Waals surface area contributed by atoms with Gasteiger partial charge in [-0.3, -0.25) is 4.79 Å².